The van der Waals surface area contributed by atoms with E-state index in [1.165, 1.54) is 25.3 Å². The molecule has 1 aromatic rings. The number of halogens is 1. The zero-order chi connectivity index (χ0) is 16.7. The van der Waals surface area contributed by atoms with Crippen LogP contribution in [0, 0.1) is 16.6 Å². The smallest absolute Gasteiger partial charge is 0.165 e. The minimum atomic E-state index is -0.597. The highest BCUT2D eigenvalue weighted by atomic mass is 19.1. The van der Waals surface area contributed by atoms with Crippen LogP contribution in [0.3, 0.4) is 0 Å². The Morgan fingerprint density at radius 3 is 2.78 bits per heavy atom. The maximum atomic E-state index is 13.5. The van der Waals surface area contributed by atoms with Crippen molar-refractivity contribution in [1.29, 1.82) is 0 Å². The number of benzene rings is 1. The summed E-state index contributed by atoms with van der Waals surface area (Å²) in [6, 6.07) is 6.87. The minimum Gasteiger partial charge on any atom is -0.488 e. The molecule has 1 saturated heterocycles. The largest absolute Gasteiger partial charge is 0.488 e. The number of aliphatic hydroxyl groups is 1. The van der Waals surface area contributed by atoms with Crippen molar-refractivity contribution in [2.24, 2.45) is 10.8 Å². The van der Waals surface area contributed by atoms with E-state index in [1.807, 2.05) is 0 Å². The minimum absolute atomic E-state index is 0.129. The lowest BCUT2D eigenvalue weighted by atomic mass is 9.65. The summed E-state index contributed by atoms with van der Waals surface area (Å²) in [5.41, 5.74) is 0.736. The number of rotatable bonds is 5. The van der Waals surface area contributed by atoms with Gasteiger partial charge >= 0.3 is 0 Å². The highest BCUT2D eigenvalue weighted by Gasteiger charge is 2.49. The molecular formula is C19H28FNO2. The molecule has 1 N–H and O–H groups in total. The van der Waals surface area contributed by atoms with Crippen LogP contribution in [0.4, 0.5) is 4.39 Å². The number of aliphatic hydroxyl groups excluding tert-OH is 1. The summed E-state index contributed by atoms with van der Waals surface area (Å²) in [6.45, 7) is 8.83. The van der Waals surface area contributed by atoms with Crippen LogP contribution in [0.15, 0.2) is 24.3 Å². The van der Waals surface area contributed by atoms with Gasteiger partial charge < -0.3 is 9.84 Å². The van der Waals surface area contributed by atoms with Crippen molar-refractivity contribution < 1.29 is 14.2 Å². The summed E-state index contributed by atoms with van der Waals surface area (Å²) < 4.78 is 19.0. The average Bonchev–Trinajstić information content (AvgIpc) is 2.66. The molecule has 0 unspecified atom stereocenters. The van der Waals surface area contributed by atoms with Gasteiger partial charge in [-0.3, -0.25) is 4.90 Å². The predicted octanol–water partition coefficient (Wildman–Crippen LogP) is 3.47. The van der Waals surface area contributed by atoms with E-state index in [0.29, 0.717) is 23.4 Å². The lowest BCUT2D eigenvalue weighted by molar-refractivity contribution is 0.0573. The van der Waals surface area contributed by atoms with Crippen LogP contribution in [0.1, 0.15) is 40.0 Å². The monoisotopic (exact) mass is 321 g/mol. The molecule has 3 rings (SSSR count). The van der Waals surface area contributed by atoms with Crippen molar-refractivity contribution in [1.82, 2.24) is 4.90 Å². The topological polar surface area (TPSA) is 32.7 Å². The standard InChI is InChI=1S/C19H28FNO2/c1-18(2)8-14-9-19(3,12-18)13-21(14)10-15(22)11-23-17-7-5-4-6-16(17)20/h4-7,14-15,22H,8-13H2,1-3H3/t14-,15-,19-/m1/s1. The molecule has 0 aromatic heterocycles. The summed E-state index contributed by atoms with van der Waals surface area (Å²) in [5.74, 6) is -0.175. The first-order chi connectivity index (χ1) is 10.8. The summed E-state index contributed by atoms with van der Waals surface area (Å²) in [7, 11) is 0. The fraction of sp³-hybridized carbons (Fsp3) is 0.684. The third-order valence-electron chi connectivity index (χ3n) is 5.24. The Bertz CT molecular complexity index is 562. The SMILES string of the molecule is CC1(C)C[C@@H]2C[C@@](C)(CN2C[C@@H](O)COc2ccccc2F)C1. The Morgan fingerprint density at radius 2 is 2.04 bits per heavy atom. The average molecular weight is 321 g/mol. The van der Waals surface area contributed by atoms with Crippen molar-refractivity contribution in [3.63, 3.8) is 0 Å². The summed E-state index contributed by atoms with van der Waals surface area (Å²) in [5, 5.41) is 10.3. The molecule has 0 amide bonds. The fourth-order valence-corrected chi connectivity index (χ4v) is 4.86. The first-order valence-electron chi connectivity index (χ1n) is 8.56. The van der Waals surface area contributed by atoms with Gasteiger partial charge in [0.15, 0.2) is 11.6 Å². The van der Waals surface area contributed by atoms with E-state index in [-0.39, 0.29) is 18.2 Å². The van der Waals surface area contributed by atoms with Crippen LogP contribution in [-0.2, 0) is 0 Å². The maximum Gasteiger partial charge on any atom is 0.165 e. The van der Waals surface area contributed by atoms with E-state index in [4.69, 9.17) is 4.74 Å². The Morgan fingerprint density at radius 1 is 1.30 bits per heavy atom. The molecule has 1 heterocycles. The van der Waals surface area contributed by atoms with Gasteiger partial charge in [0.05, 0.1) is 0 Å². The van der Waals surface area contributed by atoms with Gasteiger partial charge in [0, 0.05) is 19.1 Å². The van der Waals surface area contributed by atoms with Crippen LogP contribution in [0.2, 0.25) is 0 Å². The molecule has 2 bridgehead atoms. The normalized spacial score (nSPS) is 31.1. The highest BCUT2D eigenvalue weighted by molar-refractivity contribution is 5.23. The van der Waals surface area contributed by atoms with Crippen LogP contribution in [0.25, 0.3) is 0 Å². The molecule has 2 fully saturated rings. The van der Waals surface area contributed by atoms with E-state index in [9.17, 15) is 9.50 Å². The number of fused-ring (bicyclic) bond motifs is 2. The molecule has 4 heteroatoms. The number of likely N-dealkylation sites (tertiary alicyclic amines) is 1. The van der Waals surface area contributed by atoms with Gasteiger partial charge in [0.1, 0.15) is 12.7 Å². The molecule has 1 aliphatic carbocycles. The first-order valence-corrected chi connectivity index (χ1v) is 8.56. The Labute approximate surface area is 138 Å². The van der Waals surface area contributed by atoms with Gasteiger partial charge in [0.2, 0.25) is 0 Å². The summed E-state index contributed by atoms with van der Waals surface area (Å²) >= 11 is 0. The number of ether oxygens (including phenoxy) is 1. The van der Waals surface area contributed by atoms with Gasteiger partial charge in [-0.2, -0.15) is 0 Å². The third-order valence-corrected chi connectivity index (χ3v) is 5.24. The summed E-state index contributed by atoms with van der Waals surface area (Å²) in [6.07, 6.45) is 3.05. The Hall–Kier alpha value is -1.13. The fourth-order valence-electron chi connectivity index (χ4n) is 4.86. The first kappa shape index (κ1) is 16.7. The van der Waals surface area contributed by atoms with E-state index < -0.39 is 6.10 Å². The van der Waals surface area contributed by atoms with Gasteiger partial charge in [-0.05, 0) is 42.2 Å². The quantitative estimate of drug-likeness (QED) is 0.901. The van der Waals surface area contributed by atoms with Crippen LogP contribution >= 0.6 is 0 Å². The van der Waals surface area contributed by atoms with Crippen molar-refractivity contribution in [3.05, 3.63) is 30.1 Å². The summed E-state index contributed by atoms with van der Waals surface area (Å²) in [4.78, 5) is 2.41. The van der Waals surface area contributed by atoms with Crippen molar-refractivity contribution in [2.75, 3.05) is 19.7 Å². The van der Waals surface area contributed by atoms with E-state index >= 15 is 0 Å². The van der Waals surface area contributed by atoms with Crippen LogP contribution < -0.4 is 4.74 Å². The second-order valence-corrected chi connectivity index (χ2v) is 8.54. The third kappa shape index (κ3) is 3.86. The molecule has 1 aliphatic heterocycles. The molecule has 0 spiro atoms. The van der Waals surface area contributed by atoms with E-state index in [2.05, 4.69) is 25.7 Å². The van der Waals surface area contributed by atoms with Crippen molar-refractivity contribution in [3.8, 4) is 5.75 Å². The zero-order valence-corrected chi connectivity index (χ0v) is 14.4. The van der Waals surface area contributed by atoms with Crippen molar-refractivity contribution in [2.45, 2.75) is 52.2 Å². The molecule has 3 atom stereocenters. The van der Waals surface area contributed by atoms with Gasteiger partial charge in [0.25, 0.3) is 0 Å². The zero-order valence-electron chi connectivity index (χ0n) is 14.4. The number of β-amino-alcohol motifs (C(OH)–C–C–N with tert-alkyl or cyclic N) is 1. The van der Waals surface area contributed by atoms with Crippen LogP contribution in [-0.4, -0.2) is 41.8 Å². The molecular weight excluding hydrogens is 293 g/mol. The molecule has 1 aromatic carbocycles. The number of nitrogens with zero attached hydrogens (tertiary/aromatic N) is 1. The second-order valence-electron chi connectivity index (χ2n) is 8.54. The molecule has 3 nitrogen and oxygen atoms in total. The Balaban J connectivity index is 1.55. The molecule has 23 heavy (non-hydrogen) atoms. The van der Waals surface area contributed by atoms with E-state index in [1.54, 1.807) is 18.2 Å². The number of hydrogen-bond acceptors (Lipinski definition) is 3. The van der Waals surface area contributed by atoms with Crippen LogP contribution in [0.5, 0.6) is 5.75 Å². The van der Waals surface area contributed by atoms with Gasteiger partial charge in [-0.25, -0.2) is 4.39 Å². The lowest BCUT2D eigenvalue weighted by Gasteiger charge is -2.40. The molecule has 2 aliphatic rings. The lowest BCUT2D eigenvalue weighted by Crippen LogP contribution is -2.39. The molecule has 128 valence electrons. The number of para-hydroxylation sites is 1. The molecule has 0 radical (unpaired) electrons. The highest BCUT2D eigenvalue weighted by Crippen LogP contribution is 2.52. The van der Waals surface area contributed by atoms with Gasteiger partial charge in [-0.15, -0.1) is 0 Å². The van der Waals surface area contributed by atoms with Crippen molar-refractivity contribution >= 4 is 0 Å². The number of hydrogen-bond donors (Lipinski definition) is 1. The Kier molecular flexibility index (Phi) is 4.41. The maximum absolute atomic E-state index is 13.5. The van der Waals surface area contributed by atoms with E-state index in [0.717, 1.165) is 6.54 Å². The van der Waals surface area contributed by atoms with Gasteiger partial charge in [-0.1, -0.05) is 32.9 Å². The molecule has 1 saturated carbocycles. The second kappa shape index (κ2) is 6.06. The predicted molar refractivity (Wildman–Crippen MR) is 89.0 cm³/mol.